The van der Waals surface area contributed by atoms with Crippen LogP contribution in [-0.2, 0) is 16.1 Å². The SMILES string of the molecule is Cc1ncsc1-c1ccc(CNC(=O)C2CCCN2C(=O)C(N)C(C)(C)C)c(O)c1. The van der Waals surface area contributed by atoms with E-state index in [0.29, 0.717) is 18.5 Å². The van der Waals surface area contributed by atoms with Crippen LogP contribution in [0.1, 0.15) is 44.9 Å². The highest BCUT2D eigenvalue weighted by Gasteiger charge is 2.39. The van der Waals surface area contributed by atoms with Crippen LogP contribution in [0.15, 0.2) is 23.7 Å². The standard InChI is InChI=1S/C22H30N4O3S/c1-13-18(30-12-25-13)14-7-8-15(17(27)10-14)11-24-20(28)16-6-5-9-26(16)21(29)19(23)22(2,3)4/h7-8,10,12,16,19,27H,5-6,9,11,23H2,1-4H3,(H,24,28). The summed E-state index contributed by atoms with van der Waals surface area (Å²) in [6, 6.07) is 4.23. The maximum atomic E-state index is 12.8. The van der Waals surface area contributed by atoms with E-state index < -0.39 is 12.1 Å². The van der Waals surface area contributed by atoms with Crippen molar-refractivity contribution in [3.63, 3.8) is 0 Å². The Kier molecular flexibility index (Phi) is 6.47. The van der Waals surface area contributed by atoms with Gasteiger partial charge >= 0.3 is 0 Å². The van der Waals surface area contributed by atoms with Crippen molar-refractivity contribution >= 4 is 23.2 Å². The number of amides is 2. The van der Waals surface area contributed by atoms with Crippen LogP contribution in [0.3, 0.4) is 0 Å². The Morgan fingerprint density at radius 3 is 2.73 bits per heavy atom. The summed E-state index contributed by atoms with van der Waals surface area (Å²) < 4.78 is 0. The number of phenols is 1. The van der Waals surface area contributed by atoms with Crippen LogP contribution < -0.4 is 11.1 Å². The quantitative estimate of drug-likeness (QED) is 0.676. The van der Waals surface area contributed by atoms with Gasteiger partial charge in [0.25, 0.3) is 0 Å². The van der Waals surface area contributed by atoms with E-state index >= 15 is 0 Å². The second-order valence-corrected chi connectivity index (χ2v) is 9.72. The van der Waals surface area contributed by atoms with Gasteiger partial charge in [-0.2, -0.15) is 0 Å². The molecule has 2 unspecified atom stereocenters. The van der Waals surface area contributed by atoms with E-state index in [-0.39, 0.29) is 29.5 Å². The molecule has 0 aliphatic carbocycles. The monoisotopic (exact) mass is 430 g/mol. The second kappa shape index (κ2) is 8.73. The minimum atomic E-state index is -0.655. The normalized spacial score (nSPS) is 17.8. The molecule has 7 nitrogen and oxygen atoms in total. The zero-order valence-corrected chi connectivity index (χ0v) is 18.8. The Bertz CT molecular complexity index is 935. The molecule has 1 aromatic carbocycles. The molecule has 1 aliphatic heterocycles. The van der Waals surface area contributed by atoms with Gasteiger partial charge in [-0.1, -0.05) is 32.9 Å². The van der Waals surface area contributed by atoms with Gasteiger partial charge in [0.2, 0.25) is 11.8 Å². The molecule has 0 saturated carbocycles. The van der Waals surface area contributed by atoms with Gasteiger partial charge in [-0.05, 0) is 36.8 Å². The first-order chi connectivity index (χ1) is 14.1. The van der Waals surface area contributed by atoms with Gasteiger partial charge in [-0.3, -0.25) is 9.59 Å². The summed E-state index contributed by atoms with van der Waals surface area (Å²) >= 11 is 1.52. The van der Waals surface area contributed by atoms with Gasteiger partial charge in [-0.25, -0.2) is 4.98 Å². The number of phenolic OH excluding ortho intramolecular Hbond substituents is 1. The van der Waals surface area contributed by atoms with Crippen molar-refractivity contribution in [3.8, 4) is 16.2 Å². The number of hydrogen-bond acceptors (Lipinski definition) is 6. The first kappa shape index (κ1) is 22.2. The second-order valence-electron chi connectivity index (χ2n) is 8.86. The number of likely N-dealkylation sites (tertiary alicyclic amines) is 1. The molecule has 0 spiro atoms. The summed E-state index contributed by atoms with van der Waals surface area (Å²) in [4.78, 5) is 32.4. The minimum Gasteiger partial charge on any atom is -0.508 e. The fourth-order valence-corrected chi connectivity index (χ4v) is 4.39. The van der Waals surface area contributed by atoms with Crippen LogP contribution >= 0.6 is 11.3 Å². The number of nitrogens with one attached hydrogen (secondary N) is 1. The molecule has 2 amide bonds. The maximum Gasteiger partial charge on any atom is 0.243 e. The van der Waals surface area contributed by atoms with Crippen LogP contribution in [0.5, 0.6) is 5.75 Å². The molecule has 0 bridgehead atoms. The summed E-state index contributed by atoms with van der Waals surface area (Å²) in [5.74, 6) is -0.286. The molecule has 1 saturated heterocycles. The smallest absolute Gasteiger partial charge is 0.243 e. The predicted octanol–water partition coefficient (Wildman–Crippen LogP) is 2.80. The minimum absolute atomic E-state index is 0.120. The number of rotatable bonds is 5. The molecule has 3 rings (SSSR count). The summed E-state index contributed by atoms with van der Waals surface area (Å²) in [6.45, 7) is 8.41. The van der Waals surface area contributed by atoms with Crippen molar-refractivity contribution in [1.82, 2.24) is 15.2 Å². The van der Waals surface area contributed by atoms with Gasteiger partial charge in [0.1, 0.15) is 11.8 Å². The number of hydrogen-bond donors (Lipinski definition) is 3. The fourth-order valence-electron chi connectivity index (χ4n) is 3.59. The van der Waals surface area contributed by atoms with E-state index in [1.807, 2.05) is 33.8 Å². The summed E-state index contributed by atoms with van der Waals surface area (Å²) in [6.07, 6.45) is 1.39. The number of nitrogens with two attached hydrogens (primary N) is 1. The average Bonchev–Trinajstić information content (AvgIpc) is 3.34. The lowest BCUT2D eigenvalue weighted by molar-refractivity contribution is -0.141. The molecule has 2 atom stereocenters. The van der Waals surface area contributed by atoms with E-state index in [9.17, 15) is 14.7 Å². The summed E-state index contributed by atoms with van der Waals surface area (Å²) in [5.41, 5.74) is 9.96. The highest BCUT2D eigenvalue weighted by molar-refractivity contribution is 7.13. The number of aryl methyl sites for hydroxylation is 1. The van der Waals surface area contributed by atoms with Crippen LogP contribution in [0.25, 0.3) is 10.4 Å². The lowest BCUT2D eigenvalue weighted by atomic mass is 9.86. The third-order valence-electron chi connectivity index (χ3n) is 5.58. The van der Waals surface area contributed by atoms with Crippen molar-refractivity contribution < 1.29 is 14.7 Å². The molecule has 1 fully saturated rings. The van der Waals surface area contributed by atoms with Crippen LogP contribution in [-0.4, -0.2) is 45.4 Å². The van der Waals surface area contributed by atoms with Gasteiger partial charge in [0, 0.05) is 18.7 Å². The van der Waals surface area contributed by atoms with Crippen molar-refractivity contribution in [2.45, 2.75) is 59.2 Å². The molecular weight excluding hydrogens is 400 g/mol. The van der Waals surface area contributed by atoms with E-state index in [1.54, 1.807) is 22.5 Å². The van der Waals surface area contributed by atoms with E-state index in [0.717, 1.165) is 22.6 Å². The zero-order chi connectivity index (χ0) is 22.1. The summed E-state index contributed by atoms with van der Waals surface area (Å²) in [7, 11) is 0. The Morgan fingerprint density at radius 1 is 1.40 bits per heavy atom. The number of carbonyl (C=O) groups is 2. The van der Waals surface area contributed by atoms with Crippen molar-refractivity contribution in [2.24, 2.45) is 11.1 Å². The first-order valence-corrected chi connectivity index (χ1v) is 11.0. The van der Waals surface area contributed by atoms with E-state index in [1.165, 1.54) is 11.3 Å². The predicted molar refractivity (Wildman–Crippen MR) is 118 cm³/mol. The highest BCUT2D eigenvalue weighted by atomic mass is 32.1. The van der Waals surface area contributed by atoms with Gasteiger partial charge in [0.05, 0.1) is 22.1 Å². The molecule has 162 valence electrons. The molecule has 1 aliphatic rings. The van der Waals surface area contributed by atoms with Crippen molar-refractivity contribution in [3.05, 3.63) is 35.0 Å². The number of aromatic nitrogens is 1. The molecule has 8 heteroatoms. The third kappa shape index (κ3) is 4.65. The van der Waals surface area contributed by atoms with Crippen molar-refractivity contribution in [1.29, 1.82) is 0 Å². The molecule has 0 radical (unpaired) electrons. The molecule has 4 N–H and O–H groups in total. The van der Waals surface area contributed by atoms with E-state index in [2.05, 4.69) is 10.3 Å². The number of thiazole rings is 1. The third-order valence-corrected chi connectivity index (χ3v) is 6.56. The molecule has 30 heavy (non-hydrogen) atoms. The van der Waals surface area contributed by atoms with Gasteiger partial charge in [0.15, 0.2) is 0 Å². The highest BCUT2D eigenvalue weighted by Crippen LogP contribution is 2.31. The Balaban J connectivity index is 1.65. The van der Waals surface area contributed by atoms with Gasteiger partial charge in [-0.15, -0.1) is 11.3 Å². The lowest BCUT2D eigenvalue weighted by Gasteiger charge is -2.32. The Hall–Kier alpha value is -2.45. The lowest BCUT2D eigenvalue weighted by Crippen LogP contribution is -2.54. The van der Waals surface area contributed by atoms with Crippen LogP contribution in [0.2, 0.25) is 0 Å². The topological polar surface area (TPSA) is 109 Å². The van der Waals surface area contributed by atoms with Crippen molar-refractivity contribution in [2.75, 3.05) is 6.54 Å². The first-order valence-electron chi connectivity index (χ1n) is 10.2. The number of carbonyl (C=O) groups excluding carboxylic acids is 2. The fraction of sp³-hybridized carbons (Fsp3) is 0.500. The summed E-state index contributed by atoms with van der Waals surface area (Å²) in [5, 5.41) is 13.3. The molecule has 1 aromatic heterocycles. The Labute approximate surface area is 181 Å². The van der Waals surface area contributed by atoms with E-state index in [4.69, 9.17) is 5.73 Å². The van der Waals surface area contributed by atoms with Gasteiger partial charge < -0.3 is 21.1 Å². The molecule has 2 heterocycles. The number of nitrogens with zero attached hydrogens (tertiary/aromatic N) is 2. The molecular formula is C22H30N4O3S. The van der Waals surface area contributed by atoms with Crippen LogP contribution in [0, 0.1) is 12.3 Å². The zero-order valence-electron chi connectivity index (χ0n) is 17.9. The largest absolute Gasteiger partial charge is 0.508 e. The van der Waals surface area contributed by atoms with Crippen LogP contribution in [0.4, 0.5) is 0 Å². The number of aromatic hydroxyl groups is 1. The number of benzene rings is 1. The molecule has 2 aromatic rings. The maximum absolute atomic E-state index is 12.8. The Morgan fingerprint density at radius 2 is 2.13 bits per heavy atom. The average molecular weight is 431 g/mol.